The van der Waals surface area contributed by atoms with E-state index >= 15 is 0 Å². The summed E-state index contributed by atoms with van der Waals surface area (Å²) in [5.41, 5.74) is 8.48. The van der Waals surface area contributed by atoms with Gasteiger partial charge in [-0.25, -0.2) is 0 Å². The number of nitrogens with two attached hydrogens (primary N) is 1. The van der Waals surface area contributed by atoms with Gasteiger partial charge in [-0.15, -0.1) is 0 Å². The van der Waals surface area contributed by atoms with Crippen LogP contribution in [0.25, 0.3) is 0 Å². The molecule has 0 aromatic carbocycles. The minimum Gasteiger partial charge on any atom is -0.325 e. The van der Waals surface area contributed by atoms with Gasteiger partial charge in [0.1, 0.15) is 0 Å². The lowest BCUT2D eigenvalue weighted by Gasteiger charge is -2.46. The lowest BCUT2D eigenvalue weighted by atomic mass is 9.59. The fourth-order valence-corrected chi connectivity index (χ4v) is 3.54. The second-order valence-corrected chi connectivity index (χ2v) is 6.59. The Bertz CT molecular complexity index is 257. The summed E-state index contributed by atoms with van der Waals surface area (Å²) in [7, 11) is 0. The third-order valence-electron chi connectivity index (χ3n) is 4.16. The first-order valence-electron chi connectivity index (χ1n) is 6.78. The molecule has 94 valence electrons. The maximum absolute atomic E-state index is 5.91. The van der Waals surface area contributed by atoms with Crippen LogP contribution in [-0.2, 0) is 0 Å². The van der Waals surface area contributed by atoms with Gasteiger partial charge in [0, 0.05) is 6.04 Å². The summed E-state index contributed by atoms with van der Waals surface area (Å²) in [5.74, 6) is 0. The van der Waals surface area contributed by atoms with Gasteiger partial charge in [0.2, 0.25) is 0 Å². The van der Waals surface area contributed by atoms with Gasteiger partial charge in [0.05, 0.1) is 0 Å². The van der Waals surface area contributed by atoms with E-state index in [4.69, 9.17) is 5.73 Å². The first-order valence-corrected chi connectivity index (χ1v) is 6.78. The first-order chi connectivity index (χ1) is 7.32. The Hall–Kier alpha value is -0.300. The van der Waals surface area contributed by atoms with Crippen LogP contribution in [0.3, 0.4) is 0 Å². The number of rotatable bonds is 3. The van der Waals surface area contributed by atoms with Gasteiger partial charge in [-0.3, -0.25) is 0 Å². The second-order valence-electron chi connectivity index (χ2n) is 6.59. The van der Waals surface area contributed by atoms with Gasteiger partial charge in [0.15, 0.2) is 0 Å². The van der Waals surface area contributed by atoms with Crippen LogP contribution >= 0.6 is 0 Å². The summed E-state index contributed by atoms with van der Waals surface area (Å²) >= 11 is 0. The Kier molecular flexibility index (Phi) is 4.23. The van der Waals surface area contributed by atoms with Gasteiger partial charge in [-0.05, 0) is 37.0 Å². The summed E-state index contributed by atoms with van der Waals surface area (Å²) in [6, 6.07) is 0.204. The highest BCUT2D eigenvalue weighted by Gasteiger charge is 2.39. The molecule has 1 fully saturated rings. The van der Waals surface area contributed by atoms with Gasteiger partial charge >= 0.3 is 0 Å². The molecule has 0 aromatic heterocycles. The predicted molar refractivity (Wildman–Crippen MR) is 72.4 cm³/mol. The normalized spacial score (nSPS) is 28.0. The molecule has 1 nitrogen and oxygen atoms in total. The van der Waals surface area contributed by atoms with Crippen molar-refractivity contribution in [3.63, 3.8) is 0 Å². The van der Waals surface area contributed by atoms with Crippen molar-refractivity contribution in [2.75, 3.05) is 0 Å². The Morgan fingerprint density at radius 1 is 1.25 bits per heavy atom. The lowest BCUT2D eigenvalue weighted by molar-refractivity contribution is 0.108. The standard InChI is InChI=1S/C15H29N/c1-6-15(7-2)10-13(8-12(3)16)9-14(4,5)11-15/h8,12H,6-7,9-11,16H2,1-5H3/b13-8-. The number of hydrogen-bond acceptors (Lipinski definition) is 1. The monoisotopic (exact) mass is 223 g/mol. The minimum atomic E-state index is 0.204. The quantitative estimate of drug-likeness (QED) is 0.710. The number of allylic oxidation sites excluding steroid dienone is 1. The van der Waals surface area contributed by atoms with Crippen LogP contribution in [0.1, 0.15) is 66.7 Å². The van der Waals surface area contributed by atoms with Crippen molar-refractivity contribution in [2.45, 2.75) is 72.8 Å². The zero-order valence-corrected chi connectivity index (χ0v) is 11.8. The highest BCUT2D eigenvalue weighted by Crippen LogP contribution is 2.51. The number of hydrogen-bond donors (Lipinski definition) is 1. The van der Waals surface area contributed by atoms with E-state index in [1.165, 1.54) is 32.1 Å². The van der Waals surface area contributed by atoms with E-state index in [0.29, 0.717) is 10.8 Å². The van der Waals surface area contributed by atoms with Crippen molar-refractivity contribution in [1.29, 1.82) is 0 Å². The molecule has 1 unspecified atom stereocenters. The average molecular weight is 223 g/mol. The smallest absolute Gasteiger partial charge is 0.0197 e. The highest BCUT2D eigenvalue weighted by molar-refractivity contribution is 5.15. The molecule has 2 N–H and O–H groups in total. The molecule has 16 heavy (non-hydrogen) atoms. The molecule has 1 saturated carbocycles. The third-order valence-corrected chi connectivity index (χ3v) is 4.16. The van der Waals surface area contributed by atoms with Crippen molar-refractivity contribution in [2.24, 2.45) is 16.6 Å². The fraction of sp³-hybridized carbons (Fsp3) is 0.867. The summed E-state index contributed by atoms with van der Waals surface area (Å²) in [6.45, 7) is 11.6. The van der Waals surface area contributed by atoms with Crippen LogP contribution in [0, 0.1) is 10.8 Å². The molecule has 0 aliphatic heterocycles. The third kappa shape index (κ3) is 3.35. The van der Waals surface area contributed by atoms with Crippen molar-refractivity contribution < 1.29 is 0 Å². The molecular weight excluding hydrogens is 194 g/mol. The SMILES string of the molecule is CCC1(CC)C/C(=C\C(C)N)CC(C)(C)C1. The molecule has 1 aliphatic carbocycles. The van der Waals surface area contributed by atoms with Gasteiger partial charge in [-0.2, -0.15) is 0 Å². The van der Waals surface area contributed by atoms with Gasteiger partial charge in [-0.1, -0.05) is 52.2 Å². The molecule has 1 heteroatoms. The summed E-state index contributed by atoms with van der Waals surface area (Å²) in [4.78, 5) is 0. The maximum Gasteiger partial charge on any atom is 0.0197 e. The zero-order valence-electron chi connectivity index (χ0n) is 11.8. The van der Waals surface area contributed by atoms with Crippen LogP contribution < -0.4 is 5.73 Å². The Balaban J connectivity index is 2.93. The summed E-state index contributed by atoms with van der Waals surface area (Å²) < 4.78 is 0. The molecule has 1 aliphatic rings. The molecule has 0 heterocycles. The van der Waals surface area contributed by atoms with Gasteiger partial charge in [0.25, 0.3) is 0 Å². The largest absolute Gasteiger partial charge is 0.325 e. The van der Waals surface area contributed by atoms with E-state index in [1.807, 2.05) is 0 Å². The van der Waals surface area contributed by atoms with Crippen LogP contribution in [0.5, 0.6) is 0 Å². The Morgan fingerprint density at radius 2 is 1.81 bits per heavy atom. The van der Waals surface area contributed by atoms with E-state index in [9.17, 15) is 0 Å². The van der Waals surface area contributed by atoms with E-state index in [-0.39, 0.29) is 6.04 Å². The van der Waals surface area contributed by atoms with E-state index in [1.54, 1.807) is 5.57 Å². The van der Waals surface area contributed by atoms with Crippen LogP contribution in [0.4, 0.5) is 0 Å². The molecular formula is C15H29N. The molecule has 0 amide bonds. The Labute approximate surface area is 101 Å². The molecule has 0 aromatic rings. The molecule has 0 radical (unpaired) electrons. The second kappa shape index (κ2) is 4.91. The average Bonchev–Trinajstić information content (AvgIpc) is 2.14. The summed E-state index contributed by atoms with van der Waals surface area (Å²) in [6.07, 6.45) is 8.75. The molecule has 0 bridgehead atoms. The zero-order chi connectivity index (χ0) is 12.4. The molecule has 1 rings (SSSR count). The van der Waals surface area contributed by atoms with Crippen LogP contribution in [-0.4, -0.2) is 6.04 Å². The fourth-order valence-electron chi connectivity index (χ4n) is 3.54. The topological polar surface area (TPSA) is 26.0 Å². The van der Waals surface area contributed by atoms with Crippen molar-refractivity contribution in [1.82, 2.24) is 0 Å². The Morgan fingerprint density at radius 3 is 2.25 bits per heavy atom. The minimum absolute atomic E-state index is 0.204. The maximum atomic E-state index is 5.91. The molecule has 1 atom stereocenters. The predicted octanol–water partition coefficient (Wildman–Crippen LogP) is 4.28. The van der Waals surface area contributed by atoms with Crippen LogP contribution in [0.2, 0.25) is 0 Å². The summed E-state index contributed by atoms with van der Waals surface area (Å²) in [5, 5.41) is 0. The van der Waals surface area contributed by atoms with Crippen molar-refractivity contribution in [3.05, 3.63) is 11.6 Å². The molecule has 0 spiro atoms. The van der Waals surface area contributed by atoms with E-state index in [2.05, 4.69) is 40.7 Å². The van der Waals surface area contributed by atoms with Gasteiger partial charge < -0.3 is 5.73 Å². The highest BCUT2D eigenvalue weighted by atomic mass is 14.6. The van der Waals surface area contributed by atoms with Crippen molar-refractivity contribution >= 4 is 0 Å². The molecule has 0 saturated heterocycles. The van der Waals surface area contributed by atoms with E-state index in [0.717, 1.165) is 0 Å². The van der Waals surface area contributed by atoms with E-state index < -0.39 is 0 Å². The van der Waals surface area contributed by atoms with Crippen LogP contribution in [0.15, 0.2) is 11.6 Å². The first kappa shape index (κ1) is 13.8. The van der Waals surface area contributed by atoms with Crippen molar-refractivity contribution in [3.8, 4) is 0 Å². The lowest BCUT2D eigenvalue weighted by Crippen LogP contribution is -2.34.